The van der Waals surface area contributed by atoms with Crippen molar-refractivity contribution < 1.29 is 4.79 Å². The van der Waals surface area contributed by atoms with Crippen LogP contribution in [0.2, 0.25) is 0 Å². The third kappa shape index (κ3) is 1.95. The Kier molecular flexibility index (Phi) is 2.98. The smallest absolute Gasteiger partial charge is 0.246 e. The van der Waals surface area contributed by atoms with E-state index < -0.39 is 0 Å². The number of hydrogen-bond acceptors (Lipinski definition) is 4. The van der Waals surface area contributed by atoms with Gasteiger partial charge in [-0.2, -0.15) is 5.26 Å². The molecule has 0 unspecified atom stereocenters. The van der Waals surface area contributed by atoms with Crippen LogP contribution in [0.1, 0.15) is 5.56 Å². The number of fused-ring (bicyclic) bond motifs is 1. The van der Waals surface area contributed by atoms with Crippen molar-refractivity contribution >= 4 is 17.3 Å². The van der Waals surface area contributed by atoms with Gasteiger partial charge in [0.2, 0.25) is 5.91 Å². The molecule has 0 radical (unpaired) electrons. The number of carbonyl (C=O) groups is 1. The fourth-order valence-electron chi connectivity index (χ4n) is 2.01. The SMILES string of the molecule is CN1CC(=O)N(CCN)c2ccc(C#N)cc21. The second kappa shape index (κ2) is 4.44. The van der Waals surface area contributed by atoms with Gasteiger partial charge >= 0.3 is 0 Å². The summed E-state index contributed by atoms with van der Waals surface area (Å²) in [4.78, 5) is 15.4. The molecule has 5 heteroatoms. The molecule has 5 nitrogen and oxygen atoms in total. The molecule has 0 bridgehead atoms. The van der Waals surface area contributed by atoms with Crippen LogP contribution in [0.5, 0.6) is 0 Å². The van der Waals surface area contributed by atoms with Crippen LogP contribution in [0.3, 0.4) is 0 Å². The quantitative estimate of drug-likeness (QED) is 0.793. The van der Waals surface area contributed by atoms with Crippen LogP contribution >= 0.6 is 0 Å². The maximum Gasteiger partial charge on any atom is 0.246 e. The zero-order chi connectivity index (χ0) is 12.4. The van der Waals surface area contributed by atoms with Gasteiger partial charge in [0.25, 0.3) is 0 Å². The molecule has 2 N–H and O–H groups in total. The van der Waals surface area contributed by atoms with E-state index in [4.69, 9.17) is 11.0 Å². The number of amides is 1. The predicted octanol–water partition coefficient (Wildman–Crippen LogP) is 0.300. The van der Waals surface area contributed by atoms with Gasteiger partial charge in [-0.15, -0.1) is 0 Å². The van der Waals surface area contributed by atoms with E-state index in [1.54, 1.807) is 23.1 Å². The van der Waals surface area contributed by atoms with Gasteiger partial charge in [0.1, 0.15) is 0 Å². The van der Waals surface area contributed by atoms with E-state index in [2.05, 4.69) is 6.07 Å². The van der Waals surface area contributed by atoms with Crippen molar-refractivity contribution in [2.24, 2.45) is 5.73 Å². The molecule has 0 aliphatic carbocycles. The van der Waals surface area contributed by atoms with Crippen LogP contribution in [-0.2, 0) is 4.79 Å². The standard InChI is InChI=1S/C12H14N4O/c1-15-8-12(17)16(5-4-13)10-3-2-9(7-14)6-11(10)15/h2-3,6H,4-5,8,13H2,1H3. The minimum Gasteiger partial charge on any atom is -0.364 e. The Labute approximate surface area is 100 Å². The van der Waals surface area contributed by atoms with Crippen LogP contribution in [0.25, 0.3) is 0 Å². The Morgan fingerprint density at radius 3 is 2.88 bits per heavy atom. The van der Waals surface area contributed by atoms with E-state index in [0.29, 0.717) is 25.2 Å². The minimum atomic E-state index is 0.0372. The first kappa shape index (κ1) is 11.4. The van der Waals surface area contributed by atoms with E-state index in [1.807, 2.05) is 11.9 Å². The topological polar surface area (TPSA) is 73.4 Å². The average molecular weight is 230 g/mol. The fraction of sp³-hybridized carbons (Fsp3) is 0.333. The number of nitrogens with two attached hydrogens (primary N) is 1. The maximum absolute atomic E-state index is 11.9. The zero-order valence-electron chi connectivity index (χ0n) is 9.68. The summed E-state index contributed by atoms with van der Waals surface area (Å²) in [5.74, 6) is 0.0372. The number of nitriles is 1. The lowest BCUT2D eigenvalue weighted by molar-refractivity contribution is -0.117. The molecule has 1 aliphatic rings. The number of likely N-dealkylation sites (N-methyl/N-ethyl adjacent to an activating group) is 1. The Morgan fingerprint density at radius 2 is 2.24 bits per heavy atom. The van der Waals surface area contributed by atoms with Crippen LogP contribution in [0.15, 0.2) is 18.2 Å². The highest BCUT2D eigenvalue weighted by Gasteiger charge is 2.26. The molecule has 88 valence electrons. The van der Waals surface area contributed by atoms with Crippen LogP contribution in [-0.4, -0.2) is 32.6 Å². The van der Waals surface area contributed by atoms with Crippen molar-refractivity contribution in [2.45, 2.75) is 0 Å². The van der Waals surface area contributed by atoms with Crippen molar-refractivity contribution in [1.29, 1.82) is 5.26 Å². The second-order valence-corrected chi connectivity index (χ2v) is 4.01. The Balaban J connectivity index is 2.48. The van der Waals surface area contributed by atoms with Gasteiger partial charge in [-0.25, -0.2) is 0 Å². The molecule has 1 aliphatic heterocycles. The number of carbonyl (C=O) groups excluding carboxylic acids is 1. The minimum absolute atomic E-state index is 0.0372. The lowest BCUT2D eigenvalue weighted by Gasteiger charge is -2.35. The van der Waals surface area contributed by atoms with Crippen molar-refractivity contribution in [3.63, 3.8) is 0 Å². The number of nitrogens with zero attached hydrogens (tertiary/aromatic N) is 3. The van der Waals surface area contributed by atoms with Crippen LogP contribution < -0.4 is 15.5 Å². The molecule has 0 atom stereocenters. The second-order valence-electron chi connectivity index (χ2n) is 4.01. The highest BCUT2D eigenvalue weighted by molar-refractivity contribution is 6.03. The van der Waals surface area contributed by atoms with E-state index in [9.17, 15) is 4.79 Å². The van der Waals surface area contributed by atoms with Crippen LogP contribution in [0.4, 0.5) is 11.4 Å². The van der Waals surface area contributed by atoms with Gasteiger partial charge in [-0.05, 0) is 18.2 Å². The first-order valence-electron chi connectivity index (χ1n) is 5.43. The fourth-order valence-corrected chi connectivity index (χ4v) is 2.01. The lowest BCUT2D eigenvalue weighted by Crippen LogP contribution is -2.46. The van der Waals surface area contributed by atoms with Crippen molar-refractivity contribution in [2.75, 3.05) is 36.5 Å². The predicted molar refractivity (Wildman–Crippen MR) is 65.8 cm³/mol. The lowest BCUT2D eigenvalue weighted by atomic mass is 10.1. The molecular formula is C12H14N4O. The maximum atomic E-state index is 11.9. The summed E-state index contributed by atoms with van der Waals surface area (Å²) in [5.41, 5.74) is 7.83. The number of anilines is 2. The number of rotatable bonds is 2. The third-order valence-corrected chi connectivity index (χ3v) is 2.83. The van der Waals surface area contributed by atoms with Gasteiger partial charge in [-0.3, -0.25) is 4.79 Å². The van der Waals surface area contributed by atoms with E-state index in [-0.39, 0.29) is 5.91 Å². The number of hydrogen-bond donors (Lipinski definition) is 1. The molecule has 0 fully saturated rings. The molecule has 0 saturated heterocycles. The molecule has 0 aromatic heterocycles. The Morgan fingerprint density at radius 1 is 1.47 bits per heavy atom. The summed E-state index contributed by atoms with van der Waals surface area (Å²) in [6.07, 6.45) is 0. The Hall–Kier alpha value is -2.06. The molecule has 1 heterocycles. The molecule has 1 amide bonds. The summed E-state index contributed by atoms with van der Waals surface area (Å²) in [6.45, 7) is 1.25. The van der Waals surface area contributed by atoms with E-state index in [1.165, 1.54) is 0 Å². The molecule has 1 aromatic rings. The van der Waals surface area contributed by atoms with Crippen molar-refractivity contribution in [1.82, 2.24) is 0 Å². The van der Waals surface area contributed by atoms with Crippen molar-refractivity contribution in [3.05, 3.63) is 23.8 Å². The third-order valence-electron chi connectivity index (χ3n) is 2.83. The van der Waals surface area contributed by atoms with Gasteiger partial charge < -0.3 is 15.5 Å². The first-order valence-corrected chi connectivity index (χ1v) is 5.43. The van der Waals surface area contributed by atoms with Crippen molar-refractivity contribution in [3.8, 4) is 6.07 Å². The van der Waals surface area contributed by atoms with E-state index >= 15 is 0 Å². The monoisotopic (exact) mass is 230 g/mol. The highest BCUT2D eigenvalue weighted by atomic mass is 16.2. The van der Waals surface area contributed by atoms with Gasteiger partial charge in [0.15, 0.2) is 0 Å². The highest BCUT2D eigenvalue weighted by Crippen LogP contribution is 2.33. The molecule has 2 rings (SSSR count). The first-order chi connectivity index (χ1) is 8.17. The molecular weight excluding hydrogens is 216 g/mol. The molecule has 1 aromatic carbocycles. The summed E-state index contributed by atoms with van der Waals surface area (Å²) < 4.78 is 0. The average Bonchev–Trinajstić information content (AvgIpc) is 2.34. The largest absolute Gasteiger partial charge is 0.364 e. The van der Waals surface area contributed by atoms with E-state index in [0.717, 1.165) is 11.4 Å². The summed E-state index contributed by atoms with van der Waals surface area (Å²) in [7, 11) is 1.84. The van der Waals surface area contributed by atoms with Gasteiger partial charge in [-0.1, -0.05) is 0 Å². The summed E-state index contributed by atoms with van der Waals surface area (Å²) in [6, 6.07) is 7.42. The van der Waals surface area contributed by atoms with Gasteiger partial charge in [0, 0.05) is 20.1 Å². The zero-order valence-corrected chi connectivity index (χ0v) is 9.68. The molecule has 0 saturated carbocycles. The molecule has 17 heavy (non-hydrogen) atoms. The summed E-state index contributed by atoms with van der Waals surface area (Å²) >= 11 is 0. The normalized spacial score (nSPS) is 14.5. The number of benzene rings is 1. The van der Waals surface area contributed by atoms with Crippen LogP contribution in [0, 0.1) is 11.3 Å². The van der Waals surface area contributed by atoms with Gasteiger partial charge in [0.05, 0.1) is 29.6 Å². The summed E-state index contributed by atoms with van der Waals surface area (Å²) in [5, 5.41) is 8.88. The Bertz CT molecular complexity index is 492. The molecule has 0 spiro atoms.